The number of hydrogen-bond donors (Lipinski definition) is 1. The quantitative estimate of drug-likeness (QED) is 0.732. The first-order valence-electron chi connectivity index (χ1n) is 4.63. The van der Waals surface area contributed by atoms with Crippen molar-refractivity contribution in [3.8, 4) is 0 Å². The van der Waals surface area contributed by atoms with Crippen LogP contribution in [0.25, 0.3) is 0 Å². The topological polar surface area (TPSA) is 38.3 Å². The maximum absolute atomic E-state index is 11.6. The summed E-state index contributed by atoms with van der Waals surface area (Å²) < 4.78 is 5.59. The van der Waals surface area contributed by atoms with Crippen molar-refractivity contribution in [1.82, 2.24) is 5.32 Å². The molecule has 2 rings (SSSR count). The SMILES string of the molecule is CC1(C)NC(=O)[C@H](c2ccccc2)O1. The molecular weight excluding hydrogens is 178 g/mol. The summed E-state index contributed by atoms with van der Waals surface area (Å²) in [4.78, 5) is 11.6. The van der Waals surface area contributed by atoms with Crippen molar-refractivity contribution in [3.63, 3.8) is 0 Å². The summed E-state index contributed by atoms with van der Waals surface area (Å²) in [5.41, 5.74) is 0.341. The van der Waals surface area contributed by atoms with Crippen molar-refractivity contribution in [2.75, 3.05) is 0 Å². The highest BCUT2D eigenvalue weighted by Gasteiger charge is 2.38. The number of amides is 1. The second-order valence-corrected chi connectivity index (χ2v) is 3.91. The smallest absolute Gasteiger partial charge is 0.256 e. The lowest BCUT2D eigenvalue weighted by molar-refractivity contribution is -0.124. The molecule has 0 aliphatic carbocycles. The van der Waals surface area contributed by atoms with Crippen LogP contribution in [-0.4, -0.2) is 11.6 Å². The van der Waals surface area contributed by atoms with Crippen LogP contribution in [0, 0.1) is 0 Å². The summed E-state index contributed by atoms with van der Waals surface area (Å²) in [7, 11) is 0. The van der Waals surface area contributed by atoms with Gasteiger partial charge in [0.15, 0.2) is 6.10 Å². The van der Waals surface area contributed by atoms with Gasteiger partial charge in [0.25, 0.3) is 5.91 Å². The Labute approximate surface area is 83.1 Å². The molecule has 1 fully saturated rings. The van der Waals surface area contributed by atoms with Gasteiger partial charge in [-0.3, -0.25) is 4.79 Å². The van der Waals surface area contributed by atoms with Crippen LogP contribution in [0.15, 0.2) is 30.3 Å². The van der Waals surface area contributed by atoms with Gasteiger partial charge in [-0.15, -0.1) is 0 Å². The maximum Gasteiger partial charge on any atom is 0.256 e. The Balaban J connectivity index is 2.26. The molecule has 0 aromatic heterocycles. The summed E-state index contributed by atoms with van der Waals surface area (Å²) in [6.07, 6.45) is -0.466. The van der Waals surface area contributed by atoms with E-state index in [1.807, 2.05) is 44.2 Å². The van der Waals surface area contributed by atoms with Crippen LogP contribution < -0.4 is 5.32 Å². The first-order chi connectivity index (χ1) is 6.58. The normalized spacial score (nSPS) is 24.7. The van der Waals surface area contributed by atoms with E-state index in [2.05, 4.69) is 5.32 Å². The highest BCUT2D eigenvalue weighted by Crippen LogP contribution is 2.28. The maximum atomic E-state index is 11.6. The van der Waals surface area contributed by atoms with Crippen molar-refractivity contribution in [1.29, 1.82) is 0 Å². The van der Waals surface area contributed by atoms with Crippen molar-refractivity contribution in [2.24, 2.45) is 0 Å². The van der Waals surface area contributed by atoms with E-state index in [0.29, 0.717) is 0 Å². The number of nitrogens with one attached hydrogen (secondary N) is 1. The molecule has 1 atom stereocenters. The third-order valence-electron chi connectivity index (χ3n) is 2.18. The van der Waals surface area contributed by atoms with Crippen molar-refractivity contribution >= 4 is 5.91 Å². The molecule has 74 valence electrons. The van der Waals surface area contributed by atoms with Crippen molar-refractivity contribution in [3.05, 3.63) is 35.9 Å². The fraction of sp³-hybridized carbons (Fsp3) is 0.364. The van der Waals surface area contributed by atoms with Crippen LogP contribution >= 0.6 is 0 Å². The second-order valence-electron chi connectivity index (χ2n) is 3.91. The van der Waals surface area contributed by atoms with Gasteiger partial charge in [-0.25, -0.2) is 0 Å². The molecular formula is C11H13NO2. The Morgan fingerprint density at radius 2 is 1.93 bits per heavy atom. The molecule has 0 bridgehead atoms. The Hall–Kier alpha value is -1.35. The van der Waals surface area contributed by atoms with Crippen LogP contribution in [-0.2, 0) is 9.53 Å². The number of ether oxygens (including phenoxy) is 1. The molecule has 3 heteroatoms. The largest absolute Gasteiger partial charge is 0.339 e. The fourth-order valence-electron chi connectivity index (χ4n) is 1.59. The van der Waals surface area contributed by atoms with E-state index in [-0.39, 0.29) is 5.91 Å². The van der Waals surface area contributed by atoms with Gasteiger partial charge in [0.05, 0.1) is 0 Å². The minimum atomic E-state index is -0.558. The molecule has 1 aliphatic rings. The minimum Gasteiger partial charge on any atom is -0.339 e. The molecule has 1 aromatic carbocycles. The van der Waals surface area contributed by atoms with Crippen LogP contribution in [0.3, 0.4) is 0 Å². The lowest BCUT2D eigenvalue weighted by Crippen LogP contribution is -2.35. The van der Waals surface area contributed by atoms with Crippen LogP contribution in [0.4, 0.5) is 0 Å². The molecule has 1 heterocycles. The summed E-state index contributed by atoms with van der Waals surface area (Å²) in [5, 5.41) is 2.78. The predicted octanol–water partition coefficient (Wildman–Crippen LogP) is 1.61. The highest BCUT2D eigenvalue weighted by molar-refractivity contribution is 5.84. The van der Waals surface area contributed by atoms with Gasteiger partial charge in [0.1, 0.15) is 5.72 Å². The van der Waals surface area contributed by atoms with E-state index < -0.39 is 11.8 Å². The van der Waals surface area contributed by atoms with Gasteiger partial charge in [0, 0.05) is 0 Å². The molecule has 0 saturated carbocycles. The van der Waals surface area contributed by atoms with Gasteiger partial charge in [-0.2, -0.15) is 0 Å². The van der Waals surface area contributed by atoms with Crippen LogP contribution in [0.5, 0.6) is 0 Å². The van der Waals surface area contributed by atoms with Crippen LogP contribution in [0.1, 0.15) is 25.5 Å². The molecule has 0 spiro atoms. The van der Waals surface area contributed by atoms with E-state index >= 15 is 0 Å². The Morgan fingerprint density at radius 3 is 2.43 bits per heavy atom. The third kappa shape index (κ3) is 1.63. The van der Waals surface area contributed by atoms with Crippen molar-refractivity contribution < 1.29 is 9.53 Å². The summed E-state index contributed by atoms with van der Waals surface area (Å²) in [5.74, 6) is -0.0683. The molecule has 1 amide bonds. The minimum absolute atomic E-state index is 0.0683. The first kappa shape index (κ1) is 9.21. The number of benzene rings is 1. The zero-order chi connectivity index (χ0) is 10.2. The summed E-state index contributed by atoms with van der Waals surface area (Å²) in [6.45, 7) is 3.68. The van der Waals surface area contributed by atoms with E-state index in [0.717, 1.165) is 5.56 Å². The van der Waals surface area contributed by atoms with E-state index in [4.69, 9.17) is 4.74 Å². The van der Waals surface area contributed by atoms with E-state index in [1.165, 1.54) is 0 Å². The number of hydrogen-bond acceptors (Lipinski definition) is 2. The molecule has 3 nitrogen and oxygen atoms in total. The van der Waals surface area contributed by atoms with E-state index in [9.17, 15) is 4.79 Å². The average molecular weight is 191 g/mol. The Kier molecular flexibility index (Phi) is 2.04. The number of carbonyl (C=O) groups excluding carboxylic acids is 1. The lowest BCUT2D eigenvalue weighted by atomic mass is 10.1. The van der Waals surface area contributed by atoms with Gasteiger partial charge < -0.3 is 10.1 Å². The first-order valence-corrected chi connectivity index (χ1v) is 4.63. The molecule has 1 N–H and O–H groups in total. The fourth-order valence-corrected chi connectivity index (χ4v) is 1.59. The third-order valence-corrected chi connectivity index (χ3v) is 2.18. The predicted molar refractivity (Wildman–Crippen MR) is 52.5 cm³/mol. The number of rotatable bonds is 1. The molecule has 14 heavy (non-hydrogen) atoms. The van der Waals surface area contributed by atoms with E-state index in [1.54, 1.807) is 0 Å². The summed E-state index contributed by atoms with van der Waals surface area (Å²) >= 11 is 0. The second kappa shape index (κ2) is 3.10. The van der Waals surface area contributed by atoms with Crippen LogP contribution in [0.2, 0.25) is 0 Å². The Morgan fingerprint density at radius 1 is 1.29 bits per heavy atom. The molecule has 0 unspecified atom stereocenters. The zero-order valence-electron chi connectivity index (χ0n) is 8.28. The average Bonchev–Trinajstić information content (AvgIpc) is 2.41. The molecule has 1 saturated heterocycles. The van der Waals surface area contributed by atoms with Gasteiger partial charge in [0.2, 0.25) is 0 Å². The van der Waals surface area contributed by atoms with Gasteiger partial charge >= 0.3 is 0 Å². The number of carbonyl (C=O) groups is 1. The van der Waals surface area contributed by atoms with Gasteiger partial charge in [-0.1, -0.05) is 30.3 Å². The molecule has 0 radical (unpaired) electrons. The Bertz CT molecular complexity index is 346. The standard InChI is InChI=1S/C11H13NO2/c1-11(2)12-10(13)9(14-11)8-6-4-3-5-7-8/h3-7,9H,1-2H3,(H,12,13)/t9-/m0/s1. The lowest BCUT2D eigenvalue weighted by Gasteiger charge is -2.17. The monoisotopic (exact) mass is 191 g/mol. The summed E-state index contributed by atoms with van der Waals surface area (Å²) in [6, 6.07) is 9.51. The highest BCUT2D eigenvalue weighted by atomic mass is 16.5. The molecule has 1 aliphatic heterocycles. The zero-order valence-corrected chi connectivity index (χ0v) is 8.28. The molecule has 1 aromatic rings. The van der Waals surface area contributed by atoms with Gasteiger partial charge in [-0.05, 0) is 19.4 Å². The van der Waals surface area contributed by atoms with Crippen molar-refractivity contribution in [2.45, 2.75) is 25.7 Å².